The molecule has 2 aliphatic rings. The first-order chi connectivity index (χ1) is 11.1. The summed E-state index contributed by atoms with van der Waals surface area (Å²) in [6.07, 6.45) is 3.39. The van der Waals surface area contributed by atoms with E-state index in [1.165, 1.54) is 17.7 Å². The predicted molar refractivity (Wildman–Crippen MR) is 82.3 cm³/mol. The standard InChI is InChI=1S/C8H13NO2.C7H11F2N3O/c10-7(11)9-5-3-8(1-2-8)4-6-9;1-7(8,9)4-5(11)6(13)12-3-2-10/h1-6H2,(H,10,11);5H,3-4,11H2,1H3,(H,12,13)/t;5-/m.0/s1. The van der Waals surface area contributed by atoms with Gasteiger partial charge in [0.25, 0.3) is 0 Å². The first kappa shape index (κ1) is 20.1. The molecule has 0 bridgehead atoms. The van der Waals surface area contributed by atoms with Crippen LogP contribution in [0.2, 0.25) is 0 Å². The number of piperidine rings is 1. The average molecular weight is 346 g/mol. The summed E-state index contributed by atoms with van der Waals surface area (Å²) in [6, 6.07) is 0.371. The fraction of sp³-hybridized carbons (Fsp3) is 0.800. The number of hydrogen-bond acceptors (Lipinski definition) is 4. The molecular weight excluding hydrogens is 322 g/mol. The Morgan fingerprint density at radius 3 is 2.29 bits per heavy atom. The highest BCUT2D eigenvalue weighted by Crippen LogP contribution is 2.53. The molecule has 0 aromatic heterocycles. The maximum Gasteiger partial charge on any atom is 0.407 e. The Labute approximate surface area is 139 Å². The van der Waals surface area contributed by atoms with Crippen LogP contribution in [-0.2, 0) is 4.79 Å². The molecule has 1 spiro atoms. The van der Waals surface area contributed by atoms with Gasteiger partial charge >= 0.3 is 6.09 Å². The monoisotopic (exact) mass is 346 g/mol. The third kappa shape index (κ3) is 7.08. The smallest absolute Gasteiger partial charge is 0.407 e. The van der Waals surface area contributed by atoms with E-state index in [4.69, 9.17) is 16.1 Å². The van der Waals surface area contributed by atoms with E-state index in [2.05, 4.69) is 5.32 Å². The molecule has 2 rings (SSSR count). The van der Waals surface area contributed by atoms with Crippen molar-refractivity contribution in [2.75, 3.05) is 19.6 Å². The molecule has 0 aromatic carbocycles. The summed E-state index contributed by atoms with van der Waals surface area (Å²) in [5.74, 6) is -3.70. The number of carbonyl (C=O) groups excluding carboxylic acids is 1. The van der Waals surface area contributed by atoms with E-state index in [1.54, 1.807) is 6.07 Å². The summed E-state index contributed by atoms with van der Waals surface area (Å²) in [5, 5.41) is 18.8. The normalized spacial score (nSPS) is 19.5. The van der Waals surface area contributed by atoms with Crippen LogP contribution in [-0.4, -0.2) is 53.6 Å². The van der Waals surface area contributed by atoms with Crippen LogP contribution in [0.25, 0.3) is 0 Å². The highest BCUT2D eigenvalue weighted by atomic mass is 19.3. The minimum absolute atomic E-state index is 0.220. The number of carboxylic acid groups (broad SMARTS) is 1. The zero-order chi connectivity index (χ0) is 18.4. The van der Waals surface area contributed by atoms with Gasteiger partial charge in [0.2, 0.25) is 11.8 Å². The molecule has 0 radical (unpaired) electrons. The third-order valence-corrected chi connectivity index (χ3v) is 4.31. The maximum absolute atomic E-state index is 12.3. The van der Waals surface area contributed by atoms with Gasteiger partial charge in [0.1, 0.15) is 6.54 Å². The number of nitrogens with zero attached hydrogens (tertiary/aromatic N) is 2. The van der Waals surface area contributed by atoms with Crippen LogP contribution in [0.3, 0.4) is 0 Å². The Morgan fingerprint density at radius 2 is 1.92 bits per heavy atom. The molecule has 1 aliphatic heterocycles. The minimum atomic E-state index is -2.97. The zero-order valence-corrected chi connectivity index (χ0v) is 13.7. The third-order valence-electron chi connectivity index (χ3n) is 4.31. The SMILES string of the molecule is CC(F)(F)C[C@H](N)C(=O)NCC#N.O=C(O)N1CCC2(CC1)CC2. The fourth-order valence-electron chi connectivity index (χ4n) is 2.59. The van der Waals surface area contributed by atoms with Crippen molar-refractivity contribution in [1.82, 2.24) is 10.2 Å². The lowest BCUT2D eigenvalue weighted by molar-refractivity contribution is -0.124. The summed E-state index contributed by atoms with van der Waals surface area (Å²) >= 11 is 0. The molecule has 1 heterocycles. The minimum Gasteiger partial charge on any atom is -0.465 e. The fourth-order valence-corrected chi connectivity index (χ4v) is 2.59. The number of likely N-dealkylation sites (tertiary alicyclic amines) is 1. The number of carbonyl (C=O) groups is 2. The Kier molecular flexibility index (Phi) is 6.90. The Hall–Kier alpha value is -1.95. The summed E-state index contributed by atoms with van der Waals surface area (Å²) in [6.45, 7) is 1.98. The van der Waals surface area contributed by atoms with Crippen LogP contribution in [0.4, 0.5) is 13.6 Å². The van der Waals surface area contributed by atoms with Gasteiger partial charge in [-0.15, -0.1) is 0 Å². The van der Waals surface area contributed by atoms with Crippen LogP contribution in [0.15, 0.2) is 0 Å². The molecule has 0 unspecified atom stereocenters. The Balaban J connectivity index is 0.000000242. The lowest BCUT2D eigenvalue weighted by Crippen LogP contribution is -2.43. The lowest BCUT2D eigenvalue weighted by atomic mass is 9.94. The van der Waals surface area contributed by atoms with E-state index in [-0.39, 0.29) is 6.54 Å². The molecule has 2 amide bonds. The van der Waals surface area contributed by atoms with Crippen molar-refractivity contribution in [2.24, 2.45) is 11.1 Å². The van der Waals surface area contributed by atoms with Crippen LogP contribution >= 0.6 is 0 Å². The molecule has 1 saturated carbocycles. The van der Waals surface area contributed by atoms with Gasteiger partial charge in [-0.25, -0.2) is 13.6 Å². The van der Waals surface area contributed by atoms with Crippen LogP contribution in [0.1, 0.15) is 39.0 Å². The number of halogens is 2. The van der Waals surface area contributed by atoms with E-state index in [0.29, 0.717) is 12.3 Å². The summed E-state index contributed by atoms with van der Waals surface area (Å²) < 4.78 is 24.7. The Bertz CT molecular complexity index is 488. The molecule has 1 atom stereocenters. The second kappa shape index (κ2) is 8.24. The van der Waals surface area contributed by atoms with Crippen molar-refractivity contribution in [3.63, 3.8) is 0 Å². The van der Waals surface area contributed by atoms with E-state index in [0.717, 1.165) is 25.9 Å². The summed E-state index contributed by atoms with van der Waals surface area (Å²) in [4.78, 5) is 22.9. The van der Waals surface area contributed by atoms with Gasteiger partial charge in [0.05, 0.1) is 12.1 Å². The molecule has 7 nitrogen and oxygen atoms in total. The Morgan fingerprint density at radius 1 is 1.38 bits per heavy atom. The highest BCUT2D eigenvalue weighted by Gasteiger charge is 2.45. The summed E-state index contributed by atoms with van der Waals surface area (Å²) in [5.41, 5.74) is 5.73. The summed E-state index contributed by atoms with van der Waals surface area (Å²) in [7, 11) is 0. The van der Waals surface area contributed by atoms with E-state index in [1.807, 2.05) is 0 Å². The molecule has 0 aromatic rings. The lowest BCUT2D eigenvalue weighted by Gasteiger charge is -2.29. The maximum atomic E-state index is 12.3. The highest BCUT2D eigenvalue weighted by molar-refractivity contribution is 5.81. The molecule has 1 saturated heterocycles. The number of nitrogens with one attached hydrogen (secondary N) is 1. The second-order valence-corrected chi connectivity index (χ2v) is 6.53. The largest absolute Gasteiger partial charge is 0.465 e. The molecule has 1 aliphatic carbocycles. The second-order valence-electron chi connectivity index (χ2n) is 6.53. The van der Waals surface area contributed by atoms with Gasteiger partial charge in [0, 0.05) is 19.5 Å². The first-order valence-electron chi connectivity index (χ1n) is 7.84. The molecule has 4 N–H and O–H groups in total. The number of nitriles is 1. The predicted octanol–water partition coefficient (Wildman–Crippen LogP) is 1.54. The van der Waals surface area contributed by atoms with Crippen molar-refractivity contribution < 1.29 is 23.5 Å². The quantitative estimate of drug-likeness (QED) is 0.667. The van der Waals surface area contributed by atoms with Crippen molar-refractivity contribution in [3.8, 4) is 6.07 Å². The van der Waals surface area contributed by atoms with Crippen molar-refractivity contribution >= 4 is 12.0 Å². The molecule has 2 fully saturated rings. The topological polar surface area (TPSA) is 119 Å². The van der Waals surface area contributed by atoms with Crippen molar-refractivity contribution in [2.45, 2.75) is 51.0 Å². The molecular formula is C15H24F2N4O3. The van der Waals surface area contributed by atoms with Crippen molar-refractivity contribution in [1.29, 1.82) is 5.26 Å². The number of amides is 2. The van der Waals surface area contributed by atoms with Gasteiger partial charge in [-0.2, -0.15) is 5.26 Å². The van der Waals surface area contributed by atoms with E-state index < -0.39 is 30.4 Å². The average Bonchev–Trinajstić information content (AvgIpc) is 3.23. The van der Waals surface area contributed by atoms with Gasteiger partial charge < -0.3 is 21.1 Å². The zero-order valence-electron chi connectivity index (χ0n) is 13.7. The molecule has 24 heavy (non-hydrogen) atoms. The number of alkyl halides is 2. The first-order valence-corrected chi connectivity index (χ1v) is 7.84. The van der Waals surface area contributed by atoms with Crippen LogP contribution < -0.4 is 11.1 Å². The van der Waals surface area contributed by atoms with Gasteiger partial charge in [0.15, 0.2) is 0 Å². The van der Waals surface area contributed by atoms with Gasteiger partial charge in [-0.05, 0) is 38.0 Å². The van der Waals surface area contributed by atoms with Gasteiger partial charge in [-0.3, -0.25) is 4.79 Å². The van der Waals surface area contributed by atoms with E-state index >= 15 is 0 Å². The molecule has 136 valence electrons. The molecule has 9 heteroatoms. The number of nitrogens with two attached hydrogens (primary N) is 1. The number of rotatable bonds is 4. The van der Waals surface area contributed by atoms with Gasteiger partial charge in [-0.1, -0.05) is 0 Å². The van der Waals surface area contributed by atoms with Crippen LogP contribution in [0.5, 0.6) is 0 Å². The number of hydrogen-bond donors (Lipinski definition) is 3. The van der Waals surface area contributed by atoms with Crippen molar-refractivity contribution in [3.05, 3.63) is 0 Å². The van der Waals surface area contributed by atoms with Crippen LogP contribution in [0, 0.1) is 16.7 Å². The van der Waals surface area contributed by atoms with E-state index in [9.17, 15) is 18.4 Å².